The predicted octanol–water partition coefficient (Wildman–Crippen LogP) is -0.729. The van der Waals surface area contributed by atoms with Crippen molar-refractivity contribution in [3.05, 3.63) is 0 Å². The molecule has 0 aromatic carbocycles. The number of rotatable bonds is 3. The fraction of sp³-hybridized carbons (Fsp3) is 0.625. The molecule has 8 heteroatoms. The van der Waals surface area contributed by atoms with Crippen molar-refractivity contribution in [2.75, 3.05) is 14.2 Å². The van der Waals surface area contributed by atoms with E-state index in [9.17, 15) is 9.59 Å². The number of ether oxygens (including phenoxy) is 2. The van der Waals surface area contributed by atoms with E-state index in [1.807, 2.05) is 0 Å². The third-order valence-electron chi connectivity index (χ3n) is 2.05. The molecule has 0 aliphatic carbocycles. The van der Waals surface area contributed by atoms with E-state index in [0.29, 0.717) is 0 Å². The van der Waals surface area contributed by atoms with Gasteiger partial charge in [0.25, 0.3) is 0 Å². The van der Waals surface area contributed by atoms with Gasteiger partial charge in [-0.15, -0.1) is 0 Å². The van der Waals surface area contributed by atoms with Crippen LogP contribution in [0.2, 0.25) is 4.82 Å². The quantitative estimate of drug-likeness (QED) is 0.407. The number of amides is 1. The number of hydrazine groups is 1. The molecular weight excluding hydrogens is 281 g/mol. The van der Waals surface area contributed by atoms with Crippen LogP contribution in [0.5, 0.6) is 0 Å². The molecule has 0 saturated heterocycles. The third-order valence-corrected chi connectivity index (χ3v) is 4.46. The Morgan fingerprint density at radius 2 is 2.12 bits per heavy atom. The summed E-state index contributed by atoms with van der Waals surface area (Å²) in [4.78, 5) is 26.1. The fourth-order valence-corrected chi connectivity index (χ4v) is 3.20. The molecule has 0 aromatic rings. The van der Waals surface area contributed by atoms with Crippen LogP contribution < -0.4 is 10.9 Å². The molecule has 2 atom stereocenters. The van der Waals surface area contributed by atoms with E-state index in [-0.39, 0.29) is 20.9 Å². The molecule has 1 heterocycles. The summed E-state index contributed by atoms with van der Waals surface area (Å²) in [5.41, 5.74) is 4.09. The van der Waals surface area contributed by atoms with E-state index in [4.69, 9.17) is 0 Å². The Bertz CT molecular complexity index is 322. The van der Waals surface area contributed by atoms with E-state index in [1.54, 1.807) is 12.0 Å². The van der Waals surface area contributed by atoms with E-state index < -0.39 is 16.6 Å². The summed E-state index contributed by atoms with van der Waals surface area (Å²) in [6.07, 6.45) is -0.639. The molecule has 0 saturated carbocycles. The Balaban J connectivity index is 2.63. The van der Waals surface area contributed by atoms with Gasteiger partial charge < -0.3 is 0 Å². The van der Waals surface area contributed by atoms with Crippen LogP contribution in [0.3, 0.4) is 0 Å². The minimum atomic E-state index is -0.874. The molecular formula is C8H13N3O4Se. The summed E-state index contributed by atoms with van der Waals surface area (Å²) in [6.45, 7) is 1.70. The second-order valence-electron chi connectivity index (χ2n) is 3.16. The van der Waals surface area contributed by atoms with Crippen LogP contribution in [0, 0.1) is 0 Å². The SMILES string of the molecule is COC(=O)NN[C@@]1(C)N=C[Se][C@@H]1C(=O)OC. The van der Waals surface area contributed by atoms with Gasteiger partial charge in [0.1, 0.15) is 0 Å². The van der Waals surface area contributed by atoms with Gasteiger partial charge in [-0.1, -0.05) is 0 Å². The Hall–Kier alpha value is -1.11. The zero-order chi connectivity index (χ0) is 12.2. The number of hydrogen-bond donors (Lipinski definition) is 2. The fourth-order valence-electron chi connectivity index (χ4n) is 1.12. The number of nitrogens with zero attached hydrogens (tertiary/aromatic N) is 1. The van der Waals surface area contributed by atoms with Gasteiger partial charge in [-0.3, -0.25) is 0 Å². The van der Waals surface area contributed by atoms with Crippen molar-refractivity contribution < 1.29 is 19.1 Å². The molecule has 1 amide bonds. The molecule has 0 radical (unpaired) electrons. The number of esters is 1. The minimum absolute atomic E-state index is 0.0906. The maximum absolute atomic E-state index is 11.5. The first-order valence-electron chi connectivity index (χ1n) is 4.41. The topological polar surface area (TPSA) is 89.0 Å². The normalized spacial score (nSPS) is 27.6. The van der Waals surface area contributed by atoms with E-state index in [0.717, 1.165) is 0 Å². The van der Waals surface area contributed by atoms with Gasteiger partial charge in [-0.05, 0) is 0 Å². The van der Waals surface area contributed by atoms with Gasteiger partial charge in [0.2, 0.25) is 0 Å². The van der Waals surface area contributed by atoms with Crippen molar-refractivity contribution in [2.24, 2.45) is 4.99 Å². The molecule has 0 aromatic heterocycles. The van der Waals surface area contributed by atoms with Crippen LogP contribution >= 0.6 is 0 Å². The van der Waals surface area contributed by atoms with Gasteiger partial charge in [0.05, 0.1) is 0 Å². The van der Waals surface area contributed by atoms with Crippen LogP contribution in [0.15, 0.2) is 4.99 Å². The number of carbonyl (C=O) groups is 2. The van der Waals surface area contributed by atoms with Crippen LogP contribution in [0.1, 0.15) is 6.92 Å². The molecule has 0 bridgehead atoms. The molecule has 2 N–H and O–H groups in total. The van der Waals surface area contributed by atoms with Crippen molar-refractivity contribution in [1.29, 1.82) is 0 Å². The monoisotopic (exact) mass is 295 g/mol. The summed E-state index contributed by atoms with van der Waals surface area (Å²) in [5.74, 6) is -0.348. The second-order valence-corrected chi connectivity index (χ2v) is 5.17. The molecule has 1 aliphatic rings. The predicted molar refractivity (Wildman–Crippen MR) is 57.1 cm³/mol. The van der Waals surface area contributed by atoms with Crippen molar-refractivity contribution in [3.8, 4) is 0 Å². The van der Waals surface area contributed by atoms with Gasteiger partial charge in [-0.2, -0.15) is 0 Å². The van der Waals surface area contributed by atoms with Crippen molar-refractivity contribution in [1.82, 2.24) is 10.9 Å². The van der Waals surface area contributed by atoms with Gasteiger partial charge in [-0.25, -0.2) is 0 Å². The Labute approximate surface area is 99.1 Å². The summed E-state index contributed by atoms with van der Waals surface area (Å²) >= 11 is -0.0906. The number of nitrogens with one attached hydrogen (secondary N) is 2. The van der Waals surface area contributed by atoms with Crippen molar-refractivity contribution in [2.45, 2.75) is 17.4 Å². The molecule has 16 heavy (non-hydrogen) atoms. The van der Waals surface area contributed by atoms with E-state index in [1.165, 1.54) is 14.2 Å². The Kier molecular flexibility index (Phi) is 4.28. The van der Waals surface area contributed by atoms with Crippen LogP contribution in [-0.2, 0) is 14.3 Å². The molecule has 1 rings (SSSR count). The van der Waals surface area contributed by atoms with E-state index >= 15 is 0 Å². The summed E-state index contributed by atoms with van der Waals surface area (Å²) in [7, 11) is 2.57. The van der Waals surface area contributed by atoms with Crippen LogP contribution in [0.4, 0.5) is 4.79 Å². The molecule has 0 spiro atoms. The number of aliphatic imine (C=N–C) groups is 1. The first kappa shape index (κ1) is 13.0. The van der Waals surface area contributed by atoms with E-state index in [2.05, 4.69) is 25.3 Å². The Morgan fingerprint density at radius 1 is 1.44 bits per heavy atom. The zero-order valence-electron chi connectivity index (χ0n) is 9.14. The second kappa shape index (κ2) is 5.29. The molecule has 0 fully saturated rings. The number of methoxy groups -OCH3 is 2. The zero-order valence-corrected chi connectivity index (χ0v) is 10.9. The van der Waals surface area contributed by atoms with Gasteiger partial charge in [0, 0.05) is 0 Å². The molecule has 90 valence electrons. The first-order chi connectivity index (χ1) is 7.53. The van der Waals surface area contributed by atoms with Crippen molar-refractivity contribution in [3.63, 3.8) is 0 Å². The summed E-state index contributed by atoms with van der Waals surface area (Å²) in [5, 5.41) is 1.68. The standard InChI is InChI=1S/C8H13N3O4Se/c1-8(11-10-7(13)15-3)5(6(12)14-2)16-4-9-8/h4-5,11H,1-3H3,(H,10,13)/t5-,8-/m1/s1. The first-order valence-corrected chi connectivity index (χ1v) is 6.39. The number of hydrogen-bond acceptors (Lipinski definition) is 6. The summed E-state index contributed by atoms with van der Waals surface area (Å²) < 4.78 is 9.08. The molecule has 7 nitrogen and oxygen atoms in total. The molecule has 1 aliphatic heterocycles. The van der Waals surface area contributed by atoms with Crippen molar-refractivity contribution >= 4 is 32.1 Å². The maximum atomic E-state index is 11.5. The summed E-state index contributed by atoms with van der Waals surface area (Å²) in [6, 6.07) is 0. The number of carbonyl (C=O) groups excluding carboxylic acids is 2. The van der Waals surface area contributed by atoms with Gasteiger partial charge >= 0.3 is 98.7 Å². The average Bonchev–Trinajstić information content (AvgIpc) is 2.67. The Morgan fingerprint density at radius 3 is 2.69 bits per heavy atom. The van der Waals surface area contributed by atoms with Crippen LogP contribution in [0.25, 0.3) is 0 Å². The molecule has 0 unspecified atom stereocenters. The third kappa shape index (κ3) is 2.72. The average molecular weight is 294 g/mol. The van der Waals surface area contributed by atoms with Crippen LogP contribution in [-0.4, -0.2) is 52.0 Å². The van der Waals surface area contributed by atoms with Gasteiger partial charge in [0.15, 0.2) is 0 Å².